The molecule has 1 saturated heterocycles. The topological polar surface area (TPSA) is 35.2 Å². The van der Waals surface area contributed by atoms with Crippen molar-refractivity contribution in [1.82, 2.24) is 19.2 Å². The summed E-state index contributed by atoms with van der Waals surface area (Å²) in [6.07, 6.45) is 2.82. The molecule has 0 aliphatic carbocycles. The number of hydrogen-bond donors (Lipinski definition) is 1. The highest BCUT2D eigenvalue weighted by molar-refractivity contribution is 9.10. The van der Waals surface area contributed by atoms with Crippen molar-refractivity contribution in [2.24, 2.45) is 0 Å². The quantitative estimate of drug-likeness (QED) is 0.563. The van der Waals surface area contributed by atoms with E-state index in [0.29, 0.717) is 0 Å². The molecule has 7 heteroatoms. The van der Waals surface area contributed by atoms with E-state index in [0.717, 1.165) is 59.7 Å². The number of piperazine rings is 1. The van der Waals surface area contributed by atoms with Crippen LogP contribution < -0.4 is 0 Å². The summed E-state index contributed by atoms with van der Waals surface area (Å²) in [5.41, 5.74) is 3.41. The lowest BCUT2D eigenvalue weighted by molar-refractivity contribution is 0.198. The molecule has 2 heterocycles. The summed E-state index contributed by atoms with van der Waals surface area (Å²) >= 11 is 11.4. The number of H-pyrrole nitrogens is 1. The number of benzene rings is 2. The second kappa shape index (κ2) is 8.31. The summed E-state index contributed by atoms with van der Waals surface area (Å²) in [6, 6.07) is 12.5. The number of nitrogens with zero attached hydrogens (tertiary/aromatic N) is 3. The average molecular weight is 452 g/mol. The molecule has 3 aromatic rings. The molecule has 136 valence electrons. The third-order valence-corrected chi connectivity index (χ3v) is 6.57. The molecule has 0 unspecified atom stereocenters. The molecule has 0 spiro atoms. The molecule has 2 aromatic carbocycles. The van der Waals surface area contributed by atoms with Gasteiger partial charge in [-0.05, 0) is 64.1 Å². The van der Waals surface area contributed by atoms with Crippen LogP contribution in [-0.4, -0.2) is 51.9 Å². The molecule has 26 heavy (non-hydrogen) atoms. The molecule has 0 amide bonds. The van der Waals surface area contributed by atoms with Crippen LogP contribution in [-0.2, 0) is 6.42 Å². The van der Waals surface area contributed by atoms with Crippen molar-refractivity contribution in [3.8, 4) is 0 Å². The van der Waals surface area contributed by atoms with Gasteiger partial charge in [0.25, 0.3) is 0 Å². The number of nitrogens with one attached hydrogen (secondary N) is 1. The lowest BCUT2D eigenvalue weighted by Gasteiger charge is -2.33. The molecule has 1 aliphatic heterocycles. The van der Waals surface area contributed by atoms with E-state index in [-0.39, 0.29) is 0 Å². The summed E-state index contributed by atoms with van der Waals surface area (Å²) in [4.78, 5) is 11.3. The van der Waals surface area contributed by atoms with Crippen molar-refractivity contribution in [1.29, 1.82) is 0 Å². The molecule has 1 aliphatic rings. The van der Waals surface area contributed by atoms with Gasteiger partial charge in [0, 0.05) is 47.1 Å². The molecule has 0 saturated carbocycles. The summed E-state index contributed by atoms with van der Waals surface area (Å²) < 4.78 is 3.49. The number of imidazole rings is 1. The highest BCUT2D eigenvalue weighted by Gasteiger charge is 2.18. The minimum Gasteiger partial charge on any atom is -0.345 e. The highest BCUT2D eigenvalue weighted by Crippen LogP contribution is 2.31. The van der Waals surface area contributed by atoms with Crippen molar-refractivity contribution in [2.45, 2.75) is 11.3 Å². The van der Waals surface area contributed by atoms with Gasteiger partial charge in [-0.1, -0.05) is 23.7 Å². The van der Waals surface area contributed by atoms with Gasteiger partial charge < -0.3 is 9.88 Å². The summed E-state index contributed by atoms with van der Waals surface area (Å²) in [7, 11) is 0. The van der Waals surface area contributed by atoms with E-state index in [1.165, 1.54) is 10.5 Å². The number of aromatic nitrogens is 2. The monoisotopic (exact) mass is 450 g/mol. The van der Waals surface area contributed by atoms with Crippen LogP contribution in [0.3, 0.4) is 0 Å². The maximum atomic E-state index is 5.95. The Morgan fingerprint density at radius 1 is 1.12 bits per heavy atom. The largest absolute Gasteiger partial charge is 0.345 e. The van der Waals surface area contributed by atoms with Crippen LogP contribution in [0.15, 0.2) is 52.1 Å². The summed E-state index contributed by atoms with van der Waals surface area (Å²) in [6.45, 7) is 5.46. The van der Waals surface area contributed by atoms with E-state index in [4.69, 9.17) is 11.6 Å². The molecule has 1 aromatic heterocycles. The maximum absolute atomic E-state index is 5.95. The van der Waals surface area contributed by atoms with Crippen LogP contribution in [0.1, 0.15) is 5.56 Å². The molecule has 0 atom stereocenters. The van der Waals surface area contributed by atoms with Crippen LogP contribution in [0.25, 0.3) is 11.0 Å². The Hall–Kier alpha value is -1.05. The van der Waals surface area contributed by atoms with Crippen LogP contribution in [0.5, 0.6) is 0 Å². The highest BCUT2D eigenvalue weighted by atomic mass is 79.9. The number of fused-ring (bicyclic) bond motifs is 1. The molecule has 4 rings (SSSR count). The minimum absolute atomic E-state index is 0.805. The SMILES string of the molecule is Clc1ccc(CCN2CCN(Sc3cc(Br)c4nc[nH]c4c3)CC2)cc1. The van der Waals surface area contributed by atoms with Gasteiger partial charge in [-0.25, -0.2) is 9.29 Å². The first-order chi connectivity index (χ1) is 12.7. The van der Waals surface area contributed by atoms with Crippen LogP contribution in [0.2, 0.25) is 5.02 Å². The van der Waals surface area contributed by atoms with Gasteiger partial charge in [0.15, 0.2) is 0 Å². The molecule has 4 nitrogen and oxygen atoms in total. The Morgan fingerprint density at radius 3 is 2.65 bits per heavy atom. The molecule has 1 fully saturated rings. The van der Waals surface area contributed by atoms with Gasteiger partial charge in [0.2, 0.25) is 0 Å². The van der Waals surface area contributed by atoms with Crippen molar-refractivity contribution in [2.75, 3.05) is 32.7 Å². The zero-order chi connectivity index (χ0) is 17.9. The Bertz CT molecular complexity index is 875. The van der Waals surface area contributed by atoms with Gasteiger partial charge in [0.05, 0.1) is 11.8 Å². The fourth-order valence-electron chi connectivity index (χ4n) is 3.17. The lowest BCUT2D eigenvalue weighted by atomic mass is 10.1. The predicted octanol–water partition coefficient (Wildman–Crippen LogP) is 4.85. The van der Waals surface area contributed by atoms with Crippen LogP contribution in [0.4, 0.5) is 0 Å². The zero-order valence-electron chi connectivity index (χ0n) is 14.3. The Morgan fingerprint density at radius 2 is 1.88 bits per heavy atom. The van der Waals surface area contributed by atoms with E-state index >= 15 is 0 Å². The minimum atomic E-state index is 0.805. The van der Waals surface area contributed by atoms with Gasteiger partial charge in [-0.2, -0.15) is 0 Å². The van der Waals surface area contributed by atoms with Gasteiger partial charge in [-0.15, -0.1) is 0 Å². The summed E-state index contributed by atoms with van der Waals surface area (Å²) in [5.74, 6) is 0. The Kier molecular flexibility index (Phi) is 5.86. The second-order valence-corrected chi connectivity index (χ2v) is 8.90. The Balaban J connectivity index is 1.28. The van der Waals surface area contributed by atoms with Gasteiger partial charge in [-0.3, -0.25) is 0 Å². The number of aromatic amines is 1. The first kappa shape index (κ1) is 18.3. The summed E-state index contributed by atoms with van der Waals surface area (Å²) in [5, 5.41) is 0.805. The average Bonchev–Trinajstić information content (AvgIpc) is 3.12. The smallest absolute Gasteiger partial charge is 0.102 e. The first-order valence-electron chi connectivity index (χ1n) is 8.70. The third-order valence-electron chi connectivity index (χ3n) is 4.65. The maximum Gasteiger partial charge on any atom is 0.102 e. The fraction of sp³-hybridized carbons (Fsp3) is 0.316. The van der Waals surface area contributed by atoms with Crippen molar-refractivity contribution < 1.29 is 0 Å². The molecular weight excluding hydrogens is 432 g/mol. The normalized spacial score (nSPS) is 16.4. The van der Waals surface area contributed by atoms with E-state index in [1.54, 1.807) is 6.33 Å². The van der Waals surface area contributed by atoms with Crippen LogP contribution in [0, 0.1) is 0 Å². The van der Waals surface area contributed by atoms with Gasteiger partial charge >= 0.3 is 0 Å². The van der Waals surface area contributed by atoms with Gasteiger partial charge in [0.1, 0.15) is 5.52 Å². The fourth-order valence-corrected chi connectivity index (χ4v) is 4.99. The predicted molar refractivity (Wildman–Crippen MR) is 113 cm³/mol. The zero-order valence-corrected chi connectivity index (χ0v) is 17.4. The number of hydrogen-bond acceptors (Lipinski definition) is 4. The van der Waals surface area contributed by atoms with E-state index in [2.05, 4.69) is 59.4 Å². The molecule has 0 bridgehead atoms. The van der Waals surface area contributed by atoms with Crippen LogP contribution >= 0.6 is 39.5 Å². The van der Waals surface area contributed by atoms with Crippen molar-refractivity contribution >= 4 is 50.5 Å². The third kappa shape index (κ3) is 4.43. The molecule has 0 radical (unpaired) electrons. The van der Waals surface area contributed by atoms with Crippen molar-refractivity contribution in [3.63, 3.8) is 0 Å². The van der Waals surface area contributed by atoms with Crippen molar-refractivity contribution in [3.05, 3.63) is 57.8 Å². The lowest BCUT2D eigenvalue weighted by Crippen LogP contribution is -2.44. The number of rotatable bonds is 5. The molecule has 1 N–H and O–H groups in total. The molecular formula is C19H20BrClN4S. The Labute approximate surface area is 171 Å². The van der Waals surface area contributed by atoms with E-state index < -0.39 is 0 Å². The van der Waals surface area contributed by atoms with E-state index in [9.17, 15) is 0 Å². The second-order valence-electron chi connectivity index (χ2n) is 6.44. The number of halogens is 2. The first-order valence-corrected chi connectivity index (χ1v) is 10.6. The standard InChI is InChI=1S/C19H20BrClN4S/c20-17-11-16(12-18-19(17)23-13-22-18)26-25-9-7-24(8-10-25)6-5-14-1-3-15(21)4-2-14/h1-4,11-13H,5-10H2,(H,22,23). The van der Waals surface area contributed by atoms with E-state index in [1.807, 2.05) is 24.1 Å².